The molecule has 288 valence electrons. The molecule has 0 spiro atoms. The summed E-state index contributed by atoms with van der Waals surface area (Å²) < 4.78 is 33.3. The van der Waals surface area contributed by atoms with Crippen molar-refractivity contribution in [3.8, 4) is 0 Å². The van der Waals surface area contributed by atoms with Crippen LogP contribution in [0.1, 0.15) is 142 Å². The molecule has 0 saturated carbocycles. The SMILES string of the molecule is CC/C=C\C/C=C\C/C=C\CCCCCCCCCCOCC(COP(=O)(O)OCCN)OC(=O)CCCCC/C=C\C/C=C\C/C=C\CC. The van der Waals surface area contributed by atoms with Crippen molar-refractivity contribution in [2.75, 3.05) is 33.0 Å². The molecule has 0 fully saturated rings. The van der Waals surface area contributed by atoms with Gasteiger partial charge < -0.3 is 20.1 Å². The number of rotatable bonds is 36. The molecule has 0 aromatic heterocycles. The molecule has 0 aliphatic carbocycles. The third-order valence-electron chi connectivity index (χ3n) is 7.62. The number of hydrogen-bond donors (Lipinski definition) is 2. The van der Waals surface area contributed by atoms with Gasteiger partial charge in [0.25, 0.3) is 0 Å². The van der Waals surface area contributed by atoms with Gasteiger partial charge in [0.15, 0.2) is 0 Å². The van der Waals surface area contributed by atoms with Gasteiger partial charge in [0, 0.05) is 19.6 Å². The van der Waals surface area contributed by atoms with Crippen LogP contribution in [0.3, 0.4) is 0 Å². The Bertz CT molecular complexity index is 989. The number of esters is 1. The average Bonchev–Trinajstić information content (AvgIpc) is 3.10. The fourth-order valence-corrected chi connectivity index (χ4v) is 5.61. The molecule has 0 radical (unpaired) electrons. The Kier molecular flexibility index (Phi) is 36.6. The first-order valence-electron chi connectivity index (χ1n) is 19.4. The summed E-state index contributed by atoms with van der Waals surface area (Å²) in [5.74, 6) is -0.366. The van der Waals surface area contributed by atoms with Gasteiger partial charge in [0.1, 0.15) is 6.10 Å². The summed E-state index contributed by atoms with van der Waals surface area (Å²) in [4.78, 5) is 22.4. The summed E-state index contributed by atoms with van der Waals surface area (Å²) in [5.41, 5.74) is 5.35. The van der Waals surface area contributed by atoms with Crippen LogP contribution >= 0.6 is 7.82 Å². The van der Waals surface area contributed by atoms with Gasteiger partial charge in [0.05, 0.1) is 19.8 Å². The predicted octanol–water partition coefficient (Wildman–Crippen LogP) is 11.2. The molecular formula is C41H72NO7P. The lowest BCUT2D eigenvalue weighted by Gasteiger charge is -2.20. The summed E-state index contributed by atoms with van der Waals surface area (Å²) in [6.07, 6.45) is 46.3. The number of unbranched alkanes of at least 4 members (excludes halogenated alkanes) is 11. The molecule has 50 heavy (non-hydrogen) atoms. The van der Waals surface area contributed by atoms with Gasteiger partial charge in [-0.3, -0.25) is 13.8 Å². The highest BCUT2D eigenvalue weighted by molar-refractivity contribution is 7.47. The van der Waals surface area contributed by atoms with E-state index in [1.54, 1.807) is 0 Å². The monoisotopic (exact) mass is 722 g/mol. The van der Waals surface area contributed by atoms with E-state index in [-0.39, 0.29) is 38.8 Å². The highest BCUT2D eigenvalue weighted by Gasteiger charge is 2.25. The minimum Gasteiger partial charge on any atom is -0.457 e. The summed E-state index contributed by atoms with van der Waals surface area (Å²) in [7, 11) is -4.29. The highest BCUT2D eigenvalue weighted by Crippen LogP contribution is 2.43. The Labute approximate surface area is 305 Å². The van der Waals surface area contributed by atoms with Gasteiger partial charge >= 0.3 is 13.8 Å². The van der Waals surface area contributed by atoms with E-state index >= 15 is 0 Å². The van der Waals surface area contributed by atoms with E-state index in [0.29, 0.717) is 6.61 Å². The Morgan fingerprint density at radius 2 is 1.06 bits per heavy atom. The molecule has 0 bridgehead atoms. The Morgan fingerprint density at radius 1 is 0.600 bits per heavy atom. The van der Waals surface area contributed by atoms with Crippen molar-refractivity contribution < 1.29 is 32.8 Å². The summed E-state index contributed by atoms with van der Waals surface area (Å²) in [6, 6.07) is 0. The number of carbonyl (C=O) groups is 1. The van der Waals surface area contributed by atoms with Crippen molar-refractivity contribution in [3.63, 3.8) is 0 Å². The van der Waals surface area contributed by atoms with Crippen LogP contribution in [0.4, 0.5) is 0 Å². The molecule has 0 heterocycles. The first kappa shape index (κ1) is 47.9. The molecule has 0 aliphatic rings. The van der Waals surface area contributed by atoms with Crippen LogP contribution in [0.25, 0.3) is 0 Å². The number of ether oxygens (including phenoxy) is 2. The van der Waals surface area contributed by atoms with Crippen molar-refractivity contribution in [1.29, 1.82) is 0 Å². The Balaban J connectivity index is 4.13. The molecular weight excluding hydrogens is 649 g/mol. The van der Waals surface area contributed by atoms with E-state index in [1.165, 1.54) is 38.5 Å². The molecule has 9 heteroatoms. The maximum absolute atomic E-state index is 12.5. The van der Waals surface area contributed by atoms with Crippen molar-refractivity contribution >= 4 is 13.8 Å². The highest BCUT2D eigenvalue weighted by atomic mass is 31.2. The molecule has 0 rings (SSSR count). The van der Waals surface area contributed by atoms with Crippen LogP contribution < -0.4 is 5.73 Å². The lowest BCUT2D eigenvalue weighted by atomic mass is 10.1. The summed E-state index contributed by atoms with van der Waals surface area (Å²) in [6.45, 7) is 4.61. The van der Waals surface area contributed by atoms with Gasteiger partial charge in [0.2, 0.25) is 0 Å². The van der Waals surface area contributed by atoms with E-state index in [4.69, 9.17) is 24.3 Å². The summed E-state index contributed by atoms with van der Waals surface area (Å²) >= 11 is 0. The van der Waals surface area contributed by atoms with Crippen molar-refractivity contribution in [2.24, 2.45) is 5.73 Å². The van der Waals surface area contributed by atoms with Crippen LogP contribution in [0.2, 0.25) is 0 Å². The van der Waals surface area contributed by atoms with E-state index in [2.05, 4.69) is 86.8 Å². The van der Waals surface area contributed by atoms with Gasteiger partial charge in [-0.2, -0.15) is 0 Å². The van der Waals surface area contributed by atoms with E-state index in [1.807, 2.05) is 0 Å². The first-order chi connectivity index (χ1) is 24.4. The number of nitrogens with two attached hydrogens (primary N) is 1. The third-order valence-corrected chi connectivity index (χ3v) is 8.60. The second-order valence-corrected chi connectivity index (χ2v) is 13.8. The zero-order chi connectivity index (χ0) is 36.6. The fourth-order valence-electron chi connectivity index (χ4n) is 4.85. The van der Waals surface area contributed by atoms with Gasteiger partial charge in [-0.15, -0.1) is 0 Å². The van der Waals surface area contributed by atoms with Gasteiger partial charge in [-0.25, -0.2) is 4.57 Å². The van der Waals surface area contributed by atoms with Crippen LogP contribution in [-0.4, -0.2) is 49.9 Å². The number of hydrogen-bond acceptors (Lipinski definition) is 7. The molecule has 0 saturated heterocycles. The number of allylic oxidation sites excluding steroid dienone is 12. The van der Waals surface area contributed by atoms with Crippen molar-refractivity contribution in [2.45, 2.75) is 148 Å². The van der Waals surface area contributed by atoms with Crippen LogP contribution in [0.15, 0.2) is 72.9 Å². The molecule has 2 unspecified atom stereocenters. The lowest BCUT2D eigenvalue weighted by molar-refractivity contribution is -0.154. The van der Waals surface area contributed by atoms with Crippen molar-refractivity contribution in [1.82, 2.24) is 0 Å². The lowest BCUT2D eigenvalue weighted by Crippen LogP contribution is -2.28. The standard InChI is InChI=1S/C41H72NO7P/c1-3-5-7-9-11-13-15-17-18-19-20-21-23-25-27-29-31-33-36-46-38-40(39-48-50(44,45)47-37-35-42)49-41(43)34-32-30-28-26-24-22-16-14-12-10-8-6-4-2/h5-8,11-14,17-18,22,24,40H,3-4,9-10,15-16,19-21,23,25-39,42H2,1-2H3,(H,44,45)/b7-5-,8-6-,13-11-,14-12-,18-17-,24-22-. The average molecular weight is 722 g/mol. The number of carbonyl (C=O) groups excluding carboxylic acids is 1. The molecule has 0 amide bonds. The van der Waals surface area contributed by atoms with Crippen LogP contribution in [0.5, 0.6) is 0 Å². The zero-order valence-electron chi connectivity index (χ0n) is 31.6. The Morgan fingerprint density at radius 3 is 1.58 bits per heavy atom. The second-order valence-electron chi connectivity index (χ2n) is 12.4. The number of phosphoric acid groups is 1. The molecule has 2 atom stereocenters. The third kappa shape index (κ3) is 37.2. The van der Waals surface area contributed by atoms with Gasteiger partial charge in [-0.05, 0) is 77.0 Å². The fraction of sp³-hybridized carbons (Fsp3) is 0.683. The van der Waals surface area contributed by atoms with Gasteiger partial charge in [-0.1, -0.05) is 132 Å². The summed E-state index contributed by atoms with van der Waals surface area (Å²) in [5, 5.41) is 0. The maximum Gasteiger partial charge on any atom is 0.472 e. The molecule has 8 nitrogen and oxygen atoms in total. The second kappa shape index (κ2) is 38.2. The van der Waals surface area contributed by atoms with Crippen molar-refractivity contribution in [3.05, 3.63) is 72.9 Å². The molecule has 0 aromatic carbocycles. The Hall–Kier alpha value is -2.06. The molecule has 3 N–H and O–H groups in total. The van der Waals surface area contributed by atoms with E-state index in [9.17, 15) is 14.3 Å². The topological polar surface area (TPSA) is 117 Å². The van der Waals surface area contributed by atoms with Crippen LogP contribution in [-0.2, 0) is 27.9 Å². The maximum atomic E-state index is 12.5. The normalized spacial score (nSPS) is 14.4. The van der Waals surface area contributed by atoms with E-state index in [0.717, 1.165) is 83.5 Å². The quantitative estimate of drug-likeness (QED) is 0.0284. The zero-order valence-corrected chi connectivity index (χ0v) is 32.5. The first-order valence-corrected chi connectivity index (χ1v) is 20.9. The largest absolute Gasteiger partial charge is 0.472 e. The smallest absolute Gasteiger partial charge is 0.457 e. The number of phosphoric ester groups is 1. The minimum absolute atomic E-state index is 0.0902. The van der Waals surface area contributed by atoms with E-state index < -0.39 is 13.9 Å². The predicted molar refractivity (Wildman–Crippen MR) is 210 cm³/mol. The van der Waals surface area contributed by atoms with Crippen LogP contribution in [0, 0.1) is 0 Å². The molecule has 0 aliphatic heterocycles. The minimum atomic E-state index is -4.29. The molecule has 0 aromatic rings.